The lowest BCUT2D eigenvalue weighted by Gasteiger charge is -2.31. The van der Waals surface area contributed by atoms with Gasteiger partial charge in [0.1, 0.15) is 5.69 Å². The third kappa shape index (κ3) is 5.01. The predicted octanol–water partition coefficient (Wildman–Crippen LogP) is 0.650. The van der Waals surface area contributed by atoms with E-state index in [1.807, 2.05) is 19.9 Å². The maximum absolute atomic E-state index is 12.3. The van der Waals surface area contributed by atoms with Gasteiger partial charge in [-0.1, -0.05) is 11.6 Å². The molecule has 2 atom stereocenters. The van der Waals surface area contributed by atoms with Crippen LogP contribution in [0.25, 0.3) is 0 Å². The van der Waals surface area contributed by atoms with E-state index in [1.54, 1.807) is 0 Å². The van der Waals surface area contributed by atoms with Gasteiger partial charge in [-0.3, -0.25) is 9.59 Å². The number of ether oxygens (including phenoxy) is 2. The Kier molecular flexibility index (Phi) is 6.06. The van der Waals surface area contributed by atoms with Crippen LogP contribution in [-0.4, -0.2) is 47.7 Å². The Balaban J connectivity index is 2.00. The predicted molar refractivity (Wildman–Crippen MR) is 85.3 cm³/mol. The van der Waals surface area contributed by atoms with Gasteiger partial charge in [-0.2, -0.15) is 5.10 Å². The van der Waals surface area contributed by atoms with E-state index in [4.69, 9.17) is 9.47 Å². The van der Waals surface area contributed by atoms with Gasteiger partial charge in [-0.05, 0) is 26.3 Å². The molecule has 1 aliphatic heterocycles. The molecule has 7 heteroatoms. The van der Waals surface area contributed by atoms with Crippen molar-refractivity contribution < 1.29 is 14.3 Å². The number of amides is 1. The molecule has 0 radical (unpaired) electrons. The van der Waals surface area contributed by atoms with E-state index in [0.29, 0.717) is 19.8 Å². The van der Waals surface area contributed by atoms with E-state index in [-0.39, 0.29) is 29.3 Å². The molecule has 23 heavy (non-hydrogen) atoms. The van der Waals surface area contributed by atoms with Crippen LogP contribution in [0.5, 0.6) is 0 Å². The van der Waals surface area contributed by atoms with Crippen molar-refractivity contribution in [1.29, 1.82) is 0 Å². The summed E-state index contributed by atoms with van der Waals surface area (Å²) < 4.78 is 12.4. The second-order valence-corrected chi connectivity index (χ2v) is 5.78. The zero-order valence-electron chi connectivity index (χ0n) is 13.7. The molecule has 1 amide bonds. The number of hydrogen-bond donors (Lipinski definition) is 1. The van der Waals surface area contributed by atoms with Crippen molar-refractivity contribution in [2.75, 3.05) is 19.8 Å². The maximum atomic E-state index is 12.3. The molecule has 1 fully saturated rings. The maximum Gasteiger partial charge on any atom is 0.272 e. The first-order valence-corrected chi connectivity index (χ1v) is 7.65. The fraction of sp³-hybridized carbons (Fsp3) is 0.562. The Morgan fingerprint density at radius 3 is 3.00 bits per heavy atom. The number of rotatable bonds is 5. The second kappa shape index (κ2) is 8.03. The number of allylic oxidation sites excluding steroid dienone is 1. The van der Waals surface area contributed by atoms with E-state index >= 15 is 0 Å². The van der Waals surface area contributed by atoms with Gasteiger partial charge in [0, 0.05) is 19.7 Å². The highest BCUT2D eigenvalue weighted by Crippen LogP contribution is 2.13. The average molecular weight is 321 g/mol. The van der Waals surface area contributed by atoms with Gasteiger partial charge in [0.25, 0.3) is 11.5 Å². The molecule has 1 N–H and O–H groups in total. The largest absolute Gasteiger partial charge is 0.379 e. The molecule has 1 saturated heterocycles. The Labute approximate surface area is 135 Å². The van der Waals surface area contributed by atoms with Crippen molar-refractivity contribution in [3.63, 3.8) is 0 Å². The molecule has 0 unspecified atom stereocenters. The second-order valence-electron chi connectivity index (χ2n) is 5.78. The monoisotopic (exact) mass is 321 g/mol. The van der Waals surface area contributed by atoms with E-state index in [1.165, 1.54) is 24.8 Å². The van der Waals surface area contributed by atoms with Crippen molar-refractivity contribution in [3.8, 4) is 0 Å². The van der Waals surface area contributed by atoms with Crippen LogP contribution in [0.4, 0.5) is 0 Å². The number of aryl methyl sites for hydroxylation is 1. The highest BCUT2D eigenvalue weighted by Gasteiger charge is 2.28. The highest BCUT2D eigenvalue weighted by molar-refractivity contribution is 5.92. The van der Waals surface area contributed by atoms with Crippen molar-refractivity contribution in [2.24, 2.45) is 7.05 Å². The fourth-order valence-corrected chi connectivity index (χ4v) is 2.26. The molecular weight excluding hydrogens is 298 g/mol. The Bertz CT molecular complexity index is 634. The Morgan fingerprint density at radius 2 is 2.30 bits per heavy atom. The lowest BCUT2D eigenvalue weighted by Crippen LogP contribution is -2.51. The van der Waals surface area contributed by atoms with E-state index in [2.05, 4.69) is 10.4 Å². The summed E-state index contributed by atoms with van der Waals surface area (Å²) in [5, 5.41) is 6.83. The summed E-state index contributed by atoms with van der Waals surface area (Å²) in [4.78, 5) is 23.6. The fourth-order valence-electron chi connectivity index (χ4n) is 2.26. The summed E-state index contributed by atoms with van der Waals surface area (Å²) in [6, 6.07) is 2.50. The number of hydrogen-bond acceptors (Lipinski definition) is 5. The minimum atomic E-state index is -0.341. The SMILES string of the molecule is CC(C)=CCO[C@@H]1CCOC[C@@H]1NC(=O)c1ccc(=O)n(C)n1. The normalized spacial score (nSPS) is 20.8. The van der Waals surface area contributed by atoms with E-state index in [0.717, 1.165) is 11.1 Å². The van der Waals surface area contributed by atoms with Crippen LogP contribution >= 0.6 is 0 Å². The van der Waals surface area contributed by atoms with Gasteiger partial charge < -0.3 is 14.8 Å². The first-order chi connectivity index (χ1) is 11.0. The van der Waals surface area contributed by atoms with Gasteiger partial charge in [0.05, 0.1) is 25.4 Å². The van der Waals surface area contributed by atoms with Crippen LogP contribution < -0.4 is 10.9 Å². The van der Waals surface area contributed by atoms with Gasteiger partial charge in [-0.25, -0.2) is 4.68 Å². The first kappa shape index (κ1) is 17.4. The van der Waals surface area contributed by atoms with Crippen LogP contribution in [0.3, 0.4) is 0 Å². The Hall–Kier alpha value is -1.99. The average Bonchev–Trinajstić information content (AvgIpc) is 2.51. The number of carbonyl (C=O) groups excluding carboxylic acids is 1. The molecule has 0 bridgehead atoms. The summed E-state index contributed by atoms with van der Waals surface area (Å²) in [6.45, 7) is 5.55. The van der Waals surface area contributed by atoms with Crippen molar-refractivity contribution in [2.45, 2.75) is 32.4 Å². The molecule has 2 heterocycles. The van der Waals surface area contributed by atoms with Crippen LogP contribution in [0.15, 0.2) is 28.6 Å². The third-order valence-corrected chi connectivity index (χ3v) is 3.60. The molecule has 0 saturated carbocycles. The first-order valence-electron chi connectivity index (χ1n) is 7.65. The molecule has 1 aromatic heterocycles. The van der Waals surface area contributed by atoms with Gasteiger partial charge in [-0.15, -0.1) is 0 Å². The van der Waals surface area contributed by atoms with E-state index in [9.17, 15) is 9.59 Å². The molecule has 126 valence electrons. The van der Waals surface area contributed by atoms with Gasteiger partial charge in [0.15, 0.2) is 0 Å². The smallest absolute Gasteiger partial charge is 0.272 e. The summed E-state index contributed by atoms with van der Waals surface area (Å²) in [6.07, 6.45) is 2.63. The van der Waals surface area contributed by atoms with Crippen molar-refractivity contribution in [1.82, 2.24) is 15.1 Å². The number of carbonyl (C=O) groups is 1. The van der Waals surface area contributed by atoms with Gasteiger partial charge in [0.2, 0.25) is 0 Å². The minimum Gasteiger partial charge on any atom is -0.379 e. The van der Waals surface area contributed by atoms with Crippen molar-refractivity contribution in [3.05, 3.63) is 39.8 Å². The molecule has 2 rings (SSSR count). The lowest BCUT2D eigenvalue weighted by molar-refractivity contribution is -0.0458. The zero-order valence-corrected chi connectivity index (χ0v) is 13.7. The molecule has 7 nitrogen and oxygen atoms in total. The summed E-state index contributed by atoms with van der Waals surface area (Å²) in [5.74, 6) is -0.341. The zero-order chi connectivity index (χ0) is 16.8. The molecule has 0 aromatic carbocycles. The molecule has 0 spiro atoms. The highest BCUT2D eigenvalue weighted by atomic mass is 16.5. The van der Waals surface area contributed by atoms with Crippen LogP contribution in [0.2, 0.25) is 0 Å². The number of nitrogens with zero attached hydrogens (tertiary/aromatic N) is 2. The third-order valence-electron chi connectivity index (χ3n) is 3.60. The summed E-state index contributed by atoms with van der Waals surface area (Å²) in [5.41, 5.74) is 1.12. The Morgan fingerprint density at radius 1 is 1.52 bits per heavy atom. The van der Waals surface area contributed by atoms with Crippen LogP contribution in [0.1, 0.15) is 30.8 Å². The van der Waals surface area contributed by atoms with Crippen molar-refractivity contribution >= 4 is 5.91 Å². The van der Waals surface area contributed by atoms with Gasteiger partial charge >= 0.3 is 0 Å². The number of nitrogens with one attached hydrogen (secondary N) is 1. The molecular formula is C16H23N3O4. The number of aromatic nitrogens is 2. The molecule has 0 aliphatic carbocycles. The molecule has 1 aromatic rings. The minimum absolute atomic E-state index is 0.101. The topological polar surface area (TPSA) is 82.5 Å². The summed E-state index contributed by atoms with van der Waals surface area (Å²) in [7, 11) is 1.51. The van der Waals surface area contributed by atoms with Crippen LogP contribution in [-0.2, 0) is 16.5 Å². The standard InChI is InChI=1S/C16H23N3O4/c1-11(2)6-9-23-14-7-8-22-10-13(14)17-16(21)12-4-5-15(20)19(3)18-12/h4-6,13-14H,7-10H2,1-3H3,(H,17,21)/t13-,14+/m0/s1. The summed E-state index contributed by atoms with van der Waals surface area (Å²) >= 11 is 0. The lowest BCUT2D eigenvalue weighted by atomic mass is 10.1. The van der Waals surface area contributed by atoms with E-state index < -0.39 is 0 Å². The molecule has 1 aliphatic rings. The quantitative estimate of drug-likeness (QED) is 0.805. The van der Waals surface area contributed by atoms with Crippen LogP contribution in [0, 0.1) is 0 Å².